The predicted molar refractivity (Wildman–Crippen MR) is 40.4 cm³/mol. The van der Waals surface area contributed by atoms with Crippen molar-refractivity contribution in [3.8, 4) is 0 Å². The third kappa shape index (κ3) is 5.22. The van der Waals surface area contributed by atoms with Gasteiger partial charge < -0.3 is 10.5 Å². The van der Waals surface area contributed by atoms with E-state index >= 15 is 0 Å². The van der Waals surface area contributed by atoms with E-state index in [-0.39, 0.29) is 19.6 Å². The molecule has 2 N–H and O–H groups in total. The summed E-state index contributed by atoms with van der Waals surface area (Å²) in [5.41, 5.74) is 4.99. The molecular formula is C7H11F6NO. The molecule has 2 nitrogen and oxygen atoms in total. The minimum atomic E-state index is -5.58. The van der Waals surface area contributed by atoms with Gasteiger partial charge in [0, 0.05) is 6.61 Å². The zero-order valence-electron chi connectivity index (χ0n) is 7.66. The first-order valence-corrected chi connectivity index (χ1v) is 4.08. The Kier molecular flexibility index (Phi) is 5.36. The third-order valence-corrected chi connectivity index (χ3v) is 1.45. The minimum Gasteiger partial charge on any atom is -0.375 e. The van der Waals surface area contributed by atoms with Gasteiger partial charge in [-0.1, -0.05) is 0 Å². The number of halogens is 6. The SMILES string of the molecule is NCCCOCC(F)(F)C(F)C(F)(F)F. The molecule has 1 atom stereocenters. The van der Waals surface area contributed by atoms with E-state index in [0.717, 1.165) is 0 Å². The van der Waals surface area contributed by atoms with Crippen LogP contribution in [0.2, 0.25) is 0 Å². The smallest absolute Gasteiger partial charge is 0.375 e. The first kappa shape index (κ1) is 14.5. The summed E-state index contributed by atoms with van der Waals surface area (Å²) in [4.78, 5) is 0. The van der Waals surface area contributed by atoms with Crippen molar-refractivity contribution >= 4 is 0 Å². The zero-order chi connectivity index (χ0) is 12.1. The van der Waals surface area contributed by atoms with Crippen LogP contribution in [0.1, 0.15) is 6.42 Å². The van der Waals surface area contributed by atoms with Gasteiger partial charge >= 0.3 is 12.1 Å². The highest BCUT2D eigenvalue weighted by atomic mass is 19.4. The Morgan fingerprint density at radius 2 is 1.67 bits per heavy atom. The summed E-state index contributed by atoms with van der Waals surface area (Å²) < 4.78 is 76.1. The van der Waals surface area contributed by atoms with Gasteiger partial charge in [0.2, 0.25) is 0 Å². The van der Waals surface area contributed by atoms with Crippen LogP contribution in [-0.4, -0.2) is 38.0 Å². The maximum absolute atomic E-state index is 12.5. The average molecular weight is 239 g/mol. The average Bonchev–Trinajstić information content (AvgIpc) is 2.10. The Morgan fingerprint density at radius 3 is 2.07 bits per heavy atom. The minimum absolute atomic E-state index is 0.157. The van der Waals surface area contributed by atoms with Crippen LogP contribution < -0.4 is 5.73 Å². The quantitative estimate of drug-likeness (QED) is 0.567. The molecule has 0 aliphatic rings. The Hall–Kier alpha value is -0.500. The standard InChI is InChI=1S/C7H11F6NO/c8-5(7(11,12)13)6(9,10)4-15-3-1-2-14/h5H,1-4,14H2. The number of nitrogens with two attached hydrogens (primary N) is 1. The van der Waals surface area contributed by atoms with E-state index in [1.54, 1.807) is 0 Å². The van der Waals surface area contributed by atoms with E-state index in [0.29, 0.717) is 0 Å². The molecule has 0 rings (SSSR count). The molecule has 0 saturated carbocycles. The van der Waals surface area contributed by atoms with Gasteiger partial charge in [0.15, 0.2) is 0 Å². The topological polar surface area (TPSA) is 35.2 Å². The first-order valence-electron chi connectivity index (χ1n) is 4.08. The lowest BCUT2D eigenvalue weighted by Crippen LogP contribution is -2.44. The van der Waals surface area contributed by atoms with E-state index < -0.39 is 24.9 Å². The summed E-state index contributed by atoms with van der Waals surface area (Å²) >= 11 is 0. The second-order valence-corrected chi connectivity index (χ2v) is 2.86. The van der Waals surface area contributed by atoms with E-state index in [2.05, 4.69) is 4.74 Å². The number of rotatable bonds is 6. The van der Waals surface area contributed by atoms with Crippen molar-refractivity contribution in [3.05, 3.63) is 0 Å². The molecule has 0 amide bonds. The van der Waals surface area contributed by atoms with Gasteiger partial charge in [-0.3, -0.25) is 0 Å². The molecule has 0 saturated heterocycles. The maximum Gasteiger partial charge on any atom is 0.425 e. The highest BCUT2D eigenvalue weighted by Crippen LogP contribution is 2.34. The molecule has 1 unspecified atom stereocenters. The van der Waals surface area contributed by atoms with Gasteiger partial charge in [0.1, 0.15) is 6.61 Å². The predicted octanol–water partition coefficient (Wildman–Crippen LogP) is 1.89. The molecule has 0 aromatic heterocycles. The van der Waals surface area contributed by atoms with Crippen molar-refractivity contribution in [1.82, 2.24) is 0 Å². The van der Waals surface area contributed by atoms with Crippen LogP contribution in [-0.2, 0) is 4.74 Å². The molecule has 0 aliphatic heterocycles. The molecule has 0 spiro atoms. The van der Waals surface area contributed by atoms with E-state index in [1.165, 1.54) is 0 Å². The fraction of sp³-hybridized carbons (Fsp3) is 1.00. The molecule has 0 heterocycles. The van der Waals surface area contributed by atoms with E-state index in [9.17, 15) is 26.3 Å². The second-order valence-electron chi connectivity index (χ2n) is 2.86. The third-order valence-electron chi connectivity index (χ3n) is 1.45. The molecule has 0 bridgehead atoms. The highest BCUT2D eigenvalue weighted by molar-refractivity contribution is 4.82. The Morgan fingerprint density at radius 1 is 1.13 bits per heavy atom. The largest absolute Gasteiger partial charge is 0.425 e. The first-order chi connectivity index (χ1) is 6.72. The van der Waals surface area contributed by atoms with Crippen LogP contribution in [0.3, 0.4) is 0 Å². The van der Waals surface area contributed by atoms with Crippen LogP contribution in [0.25, 0.3) is 0 Å². The lowest BCUT2D eigenvalue weighted by Gasteiger charge is -2.22. The lowest BCUT2D eigenvalue weighted by molar-refractivity contribution is -0.255. The van der Waals surface area contributed by atoms with Gasteiger partial charge in [-0.2, -0.15) is 13.2 Å². The molecule has 92 valence electrons. The number of alkyl halides is 6. The van der Waals surface area contributed by atoms with Crippen molar-refractivity contribution in [2.45, 2.75) is 24.7 Å². The van der Waals surface area contributed by atoms with Gasteiger partial charge in [0.25, 0.3) is 6.17 Å². The molecular weight excluding hydrogens is 228 g/mol. The Balaban J connectivity index is 4.05. The van der Waals surface area contributed by atoms with Gasteiger partial charge in [0.05, 0.1) is 0 Å². The van der Waals surface area contributed by atoms with Crippen LogP contribution >= 0.6 is 0 Å². The fourth-order valence-electron chi connectivity index (χ4n) is 0.706. The van der Waals surface area contributed by atoms with Gasteiger partial charge in [-0.25, -0.2) is 13.2 Å². The molecule has 0 aromatic rings. The van der Waals surface area contributed by atoms with Crippen molar-refractivity contribution in [2.24, 2.45) is 5.73 Å². The Labute approximate surface area is 82.4 Å². The molecule has 15 heavy (non-hydrogen) atoms. The zero-order valence-corrected chi connectivity index (χ0v) is 7.66. The summed E-state index contributed by atoms with van der Waals surface area (Å²) in [6.45, 7) is -1.67. The fourth-order valence-corrected chi connectivity index (χ4v) is 0.706. The summed E-state index contributed by atoms with van der Waals surface area (Å²) in [5.74, 6) is -4.56. The Bertz CT molecular complexity index is 183. The highest BCUT2D eigenvalue weighted by Gasteiger charge is 2.56. The van der Waals surface area contributed by atoms with Gasteiger partial charge in [-0.15, -0.1) is 0 Å². The van der Waals surface area contributed by atoms with E-state index in [4.69, 9.17) is 5.73 Å². The molecule has 8 heteroatoms. The number of ether oxygens (including phenoxy) is 1. The molecule has 0 aromatic carbocycles. The number of hydrogen-bond donors (Lipinski definition) is 1. The van der Waals surface area contributed by atoms with Gasteiger partial charge in [-0.05, 0) is 13.0 Å². The molecule has 0 aliphatic carbocycles. The van der Waals surface area contributed by atoms with Crippen molar-refractivity contribution in [3.63, 3.8) is 0 Å². The number of hydrogen-bond acceptors (Lipinski definition) is 2. The molecule has 0 radical (unpaired) electrons. The summed E-state index contributed by atoms with van der Waals surface area (Å²) in [6, 6.07) is 0. The lowest BCUT2D eigenvalue weighted by atomic mass is 10.2. The van der Waals surface area contributed by atoms with E-state index in [1.807, 2.05) is 0 Å². The van der Waals surface area contributed by atoms with Crippen molar-refractivity contribution in [2.75, 3.05) is 19.8 Å². The molecule has 0 fully saturated rings. The summed E-state index contributed by atoms with van der Waals surface area (Å²) in [7, 11) is 0. The second kappa shape index (κ2) is 5.55. The monoisotopic (exact) mass is 239 g/mol. The summed E-state index contributed by atoms with van der Waals surface area (Å²) in [5, 5.41) is 0. The summed E-state index contributed by atoms with van der Waals surface area (Å²) in [6.07, 6.45) is -9.57. The van der Waals surface area contributed by atoms with Crippen LogP contribution in [0.15, 0.2) is 0 Å². The van der Waals surface area contributed by atoms with Crippen LogP contribution in [0, 0.1) is 0 Å². The normalized spacial score (nSPS) is 15.4. The van der Waals surface area contributed by atoms with Crippen LogP contribution in [0.5, 0.6) is 0 Å². The van der Waals surface area contributed by atoms with Crippen molar-refractivity contribution < 1.29 is 31.1 Å². The maximum atomic E-state index is 12.5. The van der Waals surface area contributed by atoms with Crippen molar-refractivity contribution in [1.29, 1.82) is 0 Å². The van der Waals surface area contributed by atoms with Crippen LogP contribution in [0.4, 0.5) is 26.3 Å².